The number of nitrogens with one attached hydrogen (secondary N) is 1. The molecule has 1 aliphatic carbocycles. The minimum absolute atomic E-state index is 0. The van der Waals surface area contributed by atoms with Crippen molar-refractivity contribution in [3.63, 3.8) is 0 Å². The quantitative estimate of drug-likeness (QED) is 0.681. The van der Waals surface area contributed by atoms with Gasteiger partial charge in [0.1, 0.15) is 5.75 Å². The van der Waals surface area contributed by atoms with Gasteiger partial charge in [-0.3, -0.25) is 4.79 Å². The predicted octanol–water partition coefficient (Wildman–Crippen LogP) is 1.84. The maximum absolute atomic E-state index is 12.0. The molecule has 0 spiro atoms. The summed E-state index contributed by atoms with van der Waals surface area (Å²) >= 11 is 0. The molecule has 1 aliphatic rings. The van der Waals surface area contributed by atoms with Crippen LogP contribution in [-0.2, 0) is 20.7 Å². The molecule has 0 aliphatic heterocycles. The average molecular weight is 371 g/mol. The highest BCUT2D eigenvalue weighted by Crippen LogP contribution is 2.24. The summed E-state index contributed by atoms with van der Waals surface area (Å²) in [5.41, 5.74) is 6.94. The molecule has 0 aromatic heterocycles. The van der Waals surface area contributed by atoms with Gasteiger partial charge in [0.25, 0.3) is 0 Å². The zero-order valence-corrected chi connectivity index (χ0v) is 15.3. The lowest BCUT2D eigenvalue weighted by atomic mass is 10.1. The van der Waals surface area contributed by atoms with Gasteiger partial charge < -0.3 is 20.5 Å². The van der Waals surface area contributed by atoms with Crippen LogP contribution in [-0.4, -0.2) is 37.7 Å². The number of esters is 1. The van der Waals surface area contributed by atoms with Crippen molar-refractivity contribution in [3.8, 4) is 5.75 Å². The molecule has 1 amide bonds. The van der Waals surface area contributed by atoms with Gasteiger partial charge in [0.2, 0.25) is 5.91 Å². The Morgan fingerprint density at radius 2 is 1.96 bits per heavy atom. The van der Waals surface area contributed by atoms with E-state index in [4.69, 9.17) is 15.2 Å². The van der Waals surface area contributed by atoms with E-state index in [0.717, 1.165) is 31.2 Å². The molecule has 0 radical (unpaired) electrons. The summed E-state index contributed by atoms with van der Waals surface area (Å²) in [5.74, 6) is 0.419. The van der Waals surface area contributed by atoms with E-state index in [1.165, 1.54) is 0 Å². The Bertz CT molecular complexity index is 551. The van der Waals surface area contributed by atoms with Crippen LogP contribution in [0.15, 0.2) is 24.3 Å². The molecule has 1 aromatic rings. The van der Waals surface area contributed by atoms with Crippen LogP contribution in [0.25, 0.3) is 0 Å². The molecule has 0 bridgehead atoms. The largest absolute Gasteiger partial charge is 0.482 e. The standard InChI is InChI=1S/C18H26N2O4.ClH/c1-2-23-17(21)12-24-16-7-3-13(4-8-16)9-10-20-18(22)14-5-6-15(19)11-14;/h3-4,7-8,14-15H,2,5-6,9-12,19H2,1H3,(H,20,22);1H. The highest BCUT2D eigenvalue weighted by Gasteiger charge is 2.27. The van der Waals surface area contributed by atoms with Gasteiger partial charge in [-0.1, -0.05) is 12.1 Å². The van der Waals surface area contributed by atoms with Gasteiger partial charge in [-0.05, 0) is 50.3 Å². The van der Waals surface area contributed by atoms with Gasteiger partial charge in [0.15, 0.2) is 6.61 Å². The Labute approximate surface area is 154 Å². The first-order valence-electron chi connectivity index (χ1n) is 8.49. The number of amides is 1. The molecule has 25 heavy (non-hydrogen) atoms. The lowest BCUT2D eigenvalue weighted by Gasteiger charge is -2.11. The van der Waals surface area contributed by atoms with Crippen LogP contribution in [0.2, 0.25) is 0 Å². The monoisotopic (exact) mass is 370 g/mol. The van der Waals surface area contributed by atoms with Crippen molar-refractivity contribution in [1.29, 1.82) is 0 Å². The second-order valence-electron chi connectivity index (χ2n) is 6.05. The van der Waals surface area contributed by atoms with Crippen molar-refractivity contribution in [2.45, 2.75) is 38.6 Å². The fraction of sp³-hybridized carbons (Fsp3) is 0.556. The molecule has 3 N–H and O–H groups in total. The molecular weight excluding hydrogens is 344 g/mol. The van der Waals surface area contributed by atoms with E-state index in [0.29, 0.717) is 18.9 Å². The molecule has 6 nitrogen and oxygen atoms in total. The van der Waals surface area contributed by atoms with E-state index >= 15 is 0 Å². The zero-order valence-electron chi connectivity index (χ0n) is 14.5. The van der Waals surface area contributed by atoms with Gasteiger partial charge in [-0.25, -0.2) is 4.79 Å². The van der Waals surface area contributed by atoms with Crippen molar-refractivity contribution in [2.24, 2.45) is 11.7 Å². The Morgan fingerprint density at radius 3 is 2.56 bits per heavy atom. The van der Waals surface area contributed by atoms with Crippen LogP contribution in [0.3, 0.4) is 0 Å². The van der Waals surface area contributed by atoms with Crippen LogP contribution in [0, 0.1) is 5.92 Å². The van der Waals surface area contributed by atoms with E-state index in [9.17, 15) is 9.59 Å². The molecule has 2 unspecified atom stereocenters. The third-order valence-electron chi connectivity index (χ3n) is 4.14. The molecule has 1 saturated carbocycles. The average Bonchev–Trinajstić information content (AvgIpc) is 3.01. The number of hydrogen-bond acceptors (Lipinski definition) is 5. The number of benzene rings is 1. The Morgan fingerprint density at radius 1 is 1.24 bits per heavy atom. The highest BCUT2D eigenvalue weighted by atomic mass is 35.5. The lowest BCUT2D eigenvalue weighted by Crippen LogP contribution is -2.31. The molecular formula is C18H27ClN2O4. The molecule has 0 heterocycles. The summed E-state index contributed by atoms with van der Waals surface area (Å²) in [5, 5.41) is 2.98. The SMILES string of the molecule is CCOC(=O)COc1ccc(CCNC(=O)C2CCC(N)C2)cc1.Cl. The minimum Gasteiger partial charge on any atom is -0.482 e. The summed E-state index contributed by atoms with van der Waals surface area (Å²) in [7, 11) is 0. The minimum atomic E-state index is -0.379. The van der Waals surface area contributed by atoms with Crippen molar-refractivity contribution in [3.05, 3.63) is 29.8 Å². The van der Waals surface area contributed by atoms with Crippen LogP contribution in [0.4, 0.5) is 0 Å². The lowest BCUT2D eigenvalue weighted by molar-refractivity contribution is -0.145. The number of carbonyl (C=O) groups is 2. The Kier molecular flexibility index (Phi) is 9.31. The van der Waals surface area contributed by atoms with Crippen molar-refractivity contribution in [1.82, 2.24) is 5.32 Å². The number of hydrogen-bond donors (Lipinski definition) is 2. The highest BCUT2D eigenvalue weighted by molar-refractivity contribution is 5.85. The third kappa shape index (κ3) is 7.32. The van der Waals surface area contributed by atoms with Gasteiger partial charge in [0.05, 0.1) is 6.61 Å². The smallest absolute Gasteiger partial charge is 0.344 e. The zero-order chi connectivity index (χ0) is 17.4. The molecule has 1 aromatic carbocycles. The molecule has 2 rings (SSSR count). The molecule has 0 saturated heterocycles. The van der Waals surface area contributed by atoms with Crippen molar-refractivity contribution < 1.29 is 19.1 Å². The van der Waals surface area contributed by atoms with E-state index < -0.39 is 0 Å². The first-order chi connectivity index (χ1) is 11.6. The normalized spacial score (nSPS) is 19.0. The van der Waals surface area contributed by atoms with E-state index in [2.05, 4.69) is 5.32 Å². The second-order valence-corrected chi connectivity index (χ2v) is 6.05. The van der Waals surface area contributed by atoms with E-state index in [-0.39, 0.29) is 42.9 Å². The summed E-state index contributed by atoms with van der Waals surface area (Å²) in [6, 6.07) is 7.65. The Hall–Kier alpha value is -1.79. The van der Waals surface area contributed by atoms with Gasteiger partial charge in [-0.15, -0.1) is 12.4 Å². The van der Waals surface area contributed by atoms with Gasteiger partial charge in [0, 0.05) is 18.5 Å². The maximum atomic E-state index is 12.0. The summed E-state index contributed by atoms with van der Waals surface area (Å²) in [6.45, 7) is 2.62. The van der Waals surface area contributed by atoms with E-state index in [1.54, 1.807) is 6.92 Å². The number of halogens is 1. The Balaban J connectivity index is 0.00000312. The fourth-order valence-electron chi connectivity index (χ4n) is 2.83. The van der Waals surface area contributed by atoms with Gasteiger partial charge >= 0.3 is 5.97 Å². The van der Waals surface area contributed by atoms with Crippen LogP contribution < -0.4 is 15.8 Å². The van der Waals surface area contributed by atoms with Crippen LogP contribution in [0.1, 0.15) is 31.7 Å². The summed E-state index contributed by atoms with van der Waals surface area (Å²) < 4.78 is 10.1. The second kappa shape index (κ2) is 10.9. The first-order valence-corrected chi connectivity index (χ1v) is 8.49. The van der Waals surface area contributed by atoms with Crippen LogP contribution in [0.5, 0.6) is 5.75 Å². The maximum Gasteiger partial charge on any atom is 0.344 e. The molecule has 2 atom stereocenters. The van der Waals surface area contributed by atoms with Gasteiger partial charge in [-0.2, -0.15) is 0 Å². The molecule has 1 fully saturated rings. The summed E-state index contributed by atoms with van der Waals surface area (Å²) in [6.07, 6.45) is 3.37. The van der Waals surface area contributed by atoms with E-state index in [1.807, 2.05) is 24.3 Å². The van der Waals surface area contributed by atoms with Crippen molar-refractivity contribution in [2.75, 3.05) is 19.8 Å². The summed E-state index contributed by atoms with van der Waals surface area (Å²) in [4.78, 5) is 23.2. The van der Waals surface area contributed by atoms with Crippen molar-refractivity contribution >= 4 is 24.3 Å². The molecule has 140 valence electrons. The number of ether oxygens (including phenoxy) is 2. The van der Waals surface area contributed by atoms with Crippen LogP contribution >= 0.6 is 12.4 Å². The number of carbonyl (C=O) groups excluding carboxylic acids is 2. The number of nitrogens with two attached hydrogens (primary N) is 1. The molecule has 7 heteroatoms. The first kappa shape index (κ1) is 21.3. The predicted molar refractivity (Wildman–Crippen MR) is 97.8 cm³/mol. The topological polar surface area (TPSA) is 90.6 Å². The fourth-order valence-corrected chi connectivity index (χ4v) is 2.83. The number of rotatable bonds is 8. The third-order valence-corrected chi connectivity index (χ3v) is 4.14.